The lowest BCUT2D eigenvalue weighted by molar-refractivity contribution is -0.384. The number of phenols is 1. The van der Waals surface area contributed by atoms with Crippen molar-refractivity contribution in [1.29, 1.82) is 0 Å². The van der Waals surface area contributed by atoms with Crippen LogP contribution in [0.2, 0.25) is 0 Å². The van der Waals surface area contributed by atoms with Crippen molar-refractivity contribution < 1.29 is 10.0 Å². The second kappa shape index (κ2) is 5.25. The minimum absolute atomic E-state index is 0.0736. The molecule has 98 valence electrons. The van der Waals surface area contributed by atoms with E-state index in [0.29, 0.717) is 5.69 Å². The summed E-state index contributed by atoms with van der Waals surface area (Å²) in [5, 5.41) is 23.3. The summed E-state index contributed by atoms with van der Waals surface area (Å²) >= 11 is 0. The van der Waals surface area contributed by atoms with Crippen LogP contribution in [0.4, 0.5) is 11.4 Å². The van der Waals surface area contributed by atoms with Crippen LogP contribution in [0.3, 0.4) is 0 Å². The van der Waals surface area contributed by atoms with Crippen molar-refractivity contribution in [2.75, 3.05) is 5.32 Å². The molecule has 0 saturated heterocycles. The second-order valence-electron chi connectivity index (χ2n) is 5.04. The number of phenolic OH excluding ortho intramolecular Hbond substituents is 1. The predicted molar refractivity (Wildman–Crippen MR) is 69.8 cm³/mol. The molecule has 1 aromatic carbocycles. The van der Waals surface area contributed by atoms with Crippen molar-refractivity contribution in [3.8, 4) is 5.75 Å². The van der Waals surface area contributed by atoms with Gasteiger partial charge in [0.15, 0.2) is 0 Å². The molecule has 0 aromatic heterocycles. The number of benzene rings is 1. The molecule has 18 heavy (non-hydrogen) atoms. The molecule has 1 atom stereocenters. The average Bonchev–Trinajstić information content (AvgIpc) is 2.26. The Morgan fingerprint density at radius 2 is 2.28 bits per heavy atom. The van der Waals surface area contributed by atoms with Gasteiger partial charge in [-0.25, -0.2) is 0 Å². The molecule has 1 aromatic rings. The van der Waals surface area contributed by atoms with Crippen molar-refractivity contribution in [3.05, 3.63) is 28.3 Å². The van der Waals surface area contributed by atoms with Gasteiger partial charge in [-0.2, -0.15) is 0 Å². The summed E-state index contributed by atoms with van der Waals surface area (Å²) in [4.78, 5) is 10.4. The number of nitrogens with zero attached hydrogens (tertiary/aromatic N) is 1. The van der Waals surface area contributed by atoms with Gasteiger partial charge in [-0.15, -0.1) is 0 Å². The number of aromatic hydroxyl groups is 1. The Morgan fingerprint density at radius 3 is 2.83 bits per heavy atom. The lowest BCUT2D eigenvalue weighted by Gasteiger charge is -2.28. The summed E-state index contributed by atoms with van der Waals surface area (Å²) in [5.74, 6) is 0.669. The molecule has 0 radical (unpaired) electrons. The molecular formula is C13H18N2O3. The van der Waals surface area contributed by atoms with E-state index in [0.717, 1.165) is 12.3 Å². The van der Waals surface area contributed by atoms with Crippen LogP contribution in [-0.4, -0.2) is 16.1 Å². The van der Waals surface area contributed by atoms with E-state index >= 15 is 0 Å². The van der Waals surface area contributed by atoms with Gasteiger partial charge in [0.1, 0.15) is 11.4 Å². The van der Waals surface area contributed by atoms with Gasteiger partial charge in [-0.3, -0.25) is 10.1 Å². The highest BCUT2D eigenvalue weighted by atomic mass is 16.6. The third-order valence-electron chi connectivity index (χ3n) is 3.49. The molecule has 0 amide bonds. The summed E-state index contributed by atoms with van der Waals surface area (Å²) < 4.78 is 0. The third kappa shape index (κ3) is 2.91. The number of nitrogens with one attached hydrogen (secondary N) is 1. The fourth-order valence-electron chi connectivity index (χ4n) is 2.35. The van der Waals surface area contributed by atoms with Crippen LogP contribution in [0.1, 0.15) is 32.6 Å². The van der Waals surface area contributed by atoms with E-state index in [4.69, 9.17) is 0 Å². The highest BCUT2D eigenvalue weighted by Gasteiger charge is 2.22. The SMILES string of the molecule is CC(CC1CCC1)Nc1ccc(O)cc1[N+](=O)[O-]. The molecule has 0 aliphatic heterocycles. The fraction of sp³-hybridized carbons (Fsp3) is 0.538. The van der Waals surface area contributed by atoms with E-state index in [9.17, 15) is 15.2 Å². The summed E-state index contributed by atoms with van der Waals surface area (Å²) in [6.07, 6.45) is 4.88. The van der Waals surface area contributed by atoms with Crippen LogP contribution in [0.5, 0.6) is 5.75 Å². The Balaban J connectivity index is 2.05. The van der Waals surface area contributed by atoms with Gasteiger partial charge in [0.25, 0.3) is 5.69 Å². The zero-order valence-electron chi connectivity index (χ0n) is 10.4. The molecule has 1 saturated carbocycles. The van der Waals surface area contributed by atoms with Gasteiger partial charge in [-0.05, 0) is 31.4 Å². The number of nitro groups is 1. The Morgan fingerprint density at radius 1 is 1.56 bits per heavy atom. The Bertz CT molecular complexity index is 444. The summed E-state index contributed by atoms with van der Waals surface area (Å²) in [7, 11) is 0. The molecule has 1 fully saturated rings. The van der Waals surface area contributed by atoms with E-state index < -0.39 is 4.92 Å². The van der Waals surface area contributed by atoms with E-state index in [2.05, 4.69) is 5.32 Å². The first-order valence-corrected chi connectivity index (χ1v) is 6.30. The average molecular weight is 250 g/mol. The van der Waals surface area contributed by atoms with Crippen molar-refractivity contribution in [3.63, 3.8) is 0 Å². The quantitative estimate of drug-likeness (QED) is 0.477. The van der Waals surface area contributed by atoms with Gasteiger partial charge in [0.2, 0.25) is 0 Å². The first-order chi connectivity index (χ1) is 8.56. The van der Waals surface area contributed by atoms with Crippen LogP contribution < -0.4 is 5.32 Å². The van der Waals surface area contributed by atoms with Crippen molar-refractivity contribution >= 4 is 11.4 Å². The van der Waals surface area contributed by atoms with Crippen molar-refractivity contribution in [1.82, 2.24) is 0 Å². The Labute approximate surface area is 106 Å². The van der Waals surface area contributed by atoms with E-state index in [1.165, 1.54) is 31.4 Å². The first-order valence-electron chi connectivity index (χ1n) is 6.30. The molecule has 0 bridgehead atoms. The zero-order chi connectivity index (χ0) is 13.1. The molecule has 5 heteroatoms. The summed E-state index contributed by atoms with van der Waals surface area (Å²) in [5.41, 5.74) is 0.403. The lowest BCUT2D eigenvalue weighted by atomic mass is 9.81. The predicted octanol–water partition coefficient (Wildman–Crippen LogP) is 3.29. The molecule has 1 unspecified atom stereocenters. The molecule has 5 nitrogen and oxygen atoms in total. The van der Waals surface area contributed by atoms with E-state index in [1.807, 2.05) is 6.92 Å². The molecule has 1 aliphatic carbocycles. The van der Waals surface area contributed by atoms with Crippen LogP contribution in [0.25, 0.3) is 0 Å². The number of nitro benzene ring substituents is 1. The highest BCUT2D eigenvalue weighted by Crippen LogP contribution is 2.33. The number of hydrogen-bond acceptors (Lipinski definition) is 4. The standard InChI is InChI=1S/C13H18N2O3/c1-9(7-10-3-2-4-10)14-12-6-5-11(16)8-13(12)15(17)18/h5-6,8-10,14,16H,2-4,7H2,1H3. The monoisotopic (exact) mass is 250 g/mol. The smallest absolute Gasteiger partial charge is 0.296 e. The summed E-state index contributed by atoms with van der Waals surface area (Å²) in [6.45, 7) is 2.04. The second-order valence-corrected chi connectivity index (χ2v) is 5.04. The fourth-order valence-corrected chi connectivity index (χ4v) is 2.35. The van der Waals surface area contributed by atoms with Gasteiger partial charge < -0.3 is 10.4 Å². The van der Waals surface area contributed by atoms with Gasteiger partial charge in [-0.1, -0.05) is 19.3 Å². The van der Waals surface area contributed by atoms with Crippen LogP contribution >= 0.6 is 0 Å². The van der Waals surface area contributed by atoms with Crippen molar-refractivity contribution in [2.45, 2.75) is 38.6 Å². The summed E-state index contributed by atoms with van der Waals surface area (Å²) in [6, 6.07) is 4.41. The minimum Gasteiger partial charge on any atom is -0.508 e. The third-order valence-corrected chi connectivity index (χ3v) is 3.49. The number of rotatable bonds is 5. The Kier molecular flexibility index (Phi) is 3.69. The molecule has 2 N–H and O–H groups in total. The van der Waals surface area contributed by atoms with Gasteiger partial charge in [0.05, 0.1) is 11.0 Å². The minimum atomic E-state index is -0.474. The maximum absolute atomic E-state index is 10.9. The normalized spacial score (nSPS) is 16.9. The lowest BCUT2D eigenvalue weighted by Crippen LogP contribution is -2.23. The largest absolute Gasteiger partial charge is 0.508 e. The highest BCUT2D eigenvalue weighted by molar-refractivity contribution is 5.64. The van der Waals surface area contributed by atoms with Crippen LogP contribution in [-0.2, 0) is 0 Å². The molecule has 0 spiro atoms. The zero-order valence-corrected chi connectivity index (χ0v) is 10.4. The topological polar surface area (TPSA) is 75.4 Å². The van der Waals surface area contributed by atoms with E-state index in [1.54, 1.807) is 6.07 Å². The van der Waals surface area contributed by atoms with E-state index in [-0.39, 0.29) is 17.5 Å². The maximum atomic E-state index is 10.9. The molecular weight excluding hydrogens is 232 g/mol. The molecule has 1 aliphatic rings. The van der Waals surface area contributed by atoms with Gasteiger partial charge >= 0.3 is 0 Å². The van der Waals surface area contributed by atoms with Crippen molar-refractivity contribution in [2.24, 2.45) is 5.92 Å². The van der Waals surface area contributed by atoms with Gasteiger partial charge in [0, 0.05) is 6.04 Å². The molecule has 0 heterocycles. The van der Waals surface area contributed by atoms with Crippen LogP contribution in [0, 0.1) is 16.0 Å². The first kappa shape index (κ1) is 12.7. The van der Waals surface area contributed by atoms with Crippen LogP contribution in [0.15, 0.2) is 18.2 Å². The Hall–Kier alpha value is -1.78. The number of anilines is 1. The maximum Gasteiger partial charge on any atom is 0.296 e. The number of hydrogen-bond donors (Lipinski definition) is 2. The molecule has 2 rings (SSSR count).